The van der Waals surface area contributed by atoms with E-state index in [2.05, 4.69) is 23.1 Å². The number of hydrogen-bond acceptors (Lipinski definition) is 4. The molecule has 1 amide bonds. The fourth-order valence-corrected chi connectivity index (χ4v) is 3.28. The third kappa shape index (κ3) is 6.15. The van der Waals surface area contributed by atoms with Gasteiger partial charge in [-0.15, -0.1) is 0 Å². The van der Waals surface area contributed by atoms with Crippen molar-refractivity contribution in [3.63, 3.8) is 0 Å². The second-order valence-corrected chi connectivity index (χ2v) is 7.51. The molecule has 32 heavy (non-hydrogen) atoms. The number of amides is 1. The molecule has 0 aromatic heterocycles. The molecule has 0 spiro atoms. The molecule has 0 saturated heterocycles. The van der Waals surface area contributed by atoms with E-state index in [4.69, 9.17) is 17.0 Å². The number of ether oxygens (including phenoxy) is 1. The van der Waals surface area contributed by atoms with E-state index >= 15 is 0 Å². The molecule has 3 rings (SSSR count). The lowest BCUT2D eigenvalue weighted by Crippen LogP contribution is -2.45. The molecule has 164 valence electrons. The van der Waals surface area contributed by atoms with Crippen molar-refractivity contribution in [1.29, 1.82) is 0 Å². The van der Waals surface area contributed by atoms with E-state index in [1.807, 2.05) is 49.4 Å². The van der Waals surface area contributed by atoms with Gasteiger partial charge in [-0.2, -0.15) is 0 Å². The molecule has 0 saturated carbocycles. The molecule has 0 radical (unpaired) electrons. The molecule has 0 atom stereocenters. The van der Waals surface area contributed by atoms with Crippen molar-refractivity contribution < 1.29 is 14.3 Å². The van der Waals surface area contributed by atoms with Crippen LogP contribution in [-0.4, -0.2) is 23.4 Å². The highest BCUT2D eigenvalue weighted by atomic mass is 32.1. The van der Waals surface area contributed by atoms with Gasteiger partial charge in [-0.25, -0.2) is 0 Å². The highest BCUT2D eigenvalue weighted by Crippen LogP contribution is 2.21. The van der Waals surface area contributed by atoms with Crippen LogP contribution in [0.5, 0.6) is 5.75 Å². The van der Waals surface area contributed by atoms with Crippen LogP contribution in [0.25, 0.3) is 0 Å². The minimum atomic E-state index is -0.387. The number of hydrazine groups is 1. The molecule has 0 heterocycles. The Morgan fingerprint density at radius 3 is 2.34 bits per heavy atom. The van der Waals surface area contributed by atoms with E-state index in [1.165, 1.54) is 0 Å². The minimum Gasteiger partial charge on any atom is -0.483 e. The molecular formula is C25H25N3O3S. The fourth-order valence-electron chi connectivity index (χ4n) is 3.12. The normalized spacial score (nSPS) is 10.2. The first-order valence-corrected chi connectivity index (χ1v) is 10.7. The standard InChI is InChI=1S/C25H25N3O3S/c1-3-18-9-7-8-12-21(18)26-25(32)28-27-23(29)16-31-22-14-13-20(15-17(22)2)24(30)19-10-5-4-6-11-19/h4-15H,3,16H2,1-2H3,(H,27,29)(H2,26,28,32). The Hall–Kier alpha value is -3.71. The molecule has 0 aliphatic heterocycles. The number of hydrogen-bond donors (Lipinski definition) is 3. The SMILES string of the molecule is CCc1ccccc1NC(=S)NNC(=O)COc1ccc(C(=O)c2ccccc2)cc1C. The maximum absolute atomic E-state index is 12.6. The second kappa shape index (κ2) is 11.1. The number of thiocarbonyl (C=S) groups is 1. The Labute approximate surface area is 193 Å². The van der Waals surface area contributed by atoms with Crippen LogP contribution in [0.1, 0.15) is 34.0 Å². The van der Waals surface area contributed by atoms with Crippen LogP contribution in [0.15, 0.2) is 72.8 Å². The van der Waals surface area contributed by atoms with Crippen LogP contribution in [0.3, 0.4) is 0 Å². The Balaban J connectivity index is 1.49. The van der Waals surface area contributed by atoms with Gasteiger partial charge in [0.1, 0.15) is 5.75 Å². The predicted molar refractivity (Wildman–Crippen MR) is 130 cm³/mol. The zero-order chi connectivity index (χ0) is 22.9. The highest BCUT2D eigenvalue weighted by molar-refractivity contribution is 7.80. The average Bonchev–Trinajstić information content (AvgIpc) is 2.82. The summed E-state index contributed by atoms with van der Waals surface area (Å²) in [4.78, 5) is 24.7. The molecule has 0 unspecified atom stereocenters. The summed E-state index contributed by atoms with van der Waals surface area (Å²) < 4.78 is 5.60. The van der Waals surface area contributed by atoms with Gasteiger partial charge in [0.05, 0.1) is 0 Å². The van der Waals surface area contributed by atoms with Gasteiger partial charge in [0.25, 0.3) is 5.91 Å². The van der Waals surface area contributed by atoms with Crippen LogP contribution in [0.2, 0.25) is 0 Å². The number of nitrogens with one attached hydrogen (secondary N) is 3. The third-order valence-electron chi connectivity index (χ3n) is 4.79. The van der Waals surface area contributed by atoms with Gasteiger partial charge < -0.3 is 10.1 Å². The largest absolute Gasteiger partial charge is 0.483 e. The van der Waals surface area contributed by atoms with Crippen molar-refractivity contribution >= 4 is 34.7 Å². The lowest BCUT2D eigenvalue weighted by atomic mass is 10.0. The van der Waals surface area contributed by atoms with Gasteiger partial charge in [0.2, 0.25) is 0 Å². The maximum atomic E-state index is 12.6. The van der Waals surface area contributed by atoms with Crippen LogP contribution in [0.4, 0.5) is 5.69 Å². The first-order chi connectivity index (χ1) is 15.5. The average molecular weight is 448 g/mol. The third-order valence-corrected chi connectivity index (χ3v) is 5.00. The number of benzene rings is 3. The van der Waals surface area contributed by atoms with Gasteiger partial charge in [-0.1, -0.05) is 55.5 Å². The van der Waals surface area contributed by atoms with E-state index in [0.29, 0.717) is 16.9 Å². The van der Waals surface area contributed by atoms with E-state index in [0.717, 1.165) is 23.2 Å². The Morgan fingerprint density at radius 1 is 0.906 bits per heavy atom. The van der Waals surface area contributed by atoms with Gasteiger partial charge in [0, 0.05) is 16.8 Å². The summed E-state index contributed by atoms with van der Waals surface area (Å²) >= 11 is 5.23. The summed E-state index contributed by atoms with van der Waals surface area (Å²) in [5.41, 5.74) is 9.14. The molecular weight excluding hydrogens is 422 g/mol. The molecule has 6 nitrogen and oxygen atoms in total. The Kier molecular flexibility index (Phi) is 7.94. The Morgan fingerprint density at radius 2 is 1.62 bits per heavy atom. The molecule has 0 aliphatic rings. The summed E-state index contributed by atoms with van der Waals surface area (Å²) in [5.74, 6) is 0.0805. The molecule has 0 fully saturated rings. The summed E-state index contributed by atoms with van der Waals surface area (Å²) in [5, 5.41) is 3.34. The molecule has 0 aliphatic carbocycles. The molecule has 3 aromatic rings. The first-order valence-electron chi connectivity index (χ1n) is 10.2. The second-order valence-electron chi connectivity index (χ2n) is 7.10. The number of aryl methyl sites for hydroxylation is 2. The van der Waals surface area contributed by atoms with Crippen molar-refractivity contribution in [3.8, 4) is 5.75 Å². The van der Waals surface area contributed by atoms with E-state index in [9.17, 15) is 9.59 Å². The van der Waals surface area contributed by atoms with Gasteiger partial charge in [0.15, 0.2) is 17.5 Å². The summed E-state index contributed by atoms with van der Waals surface area (Å²) in [6.45, 7) is 3.69. The van der Waals surface area contributed by atoms with Crippen molar-refractivity contribution in [3.05, 3.63) is 95.1 Å². The molecule has 3 N–H and O–H groups in total. The monoisotopic (exact) mass is 447 g/mol. The van der Waals surface area contributed by atoms with Crippen molar-refractivity contribution in [2.75, 3.05) is 11.9 Å². The molecule has 0 bridgehead atoms. The van der Waals surface area contributed by atoms with Gasteiger partial charge in [-0.05, 0) is 61.0 Å². The van der Waals surface area contributed by atoms with Gasteiger partial charge in [-0.3, -0.25) is 20.4 Å². The van der Waals surface area contributed by atoms with E-state index in [-0.39, 0.29) is 23.4 Å². The van der Waals surface area contributed by atoms with Crippen molar-refractivity contribution in [1.82, 2.24) is 10.9 Å². The zero-order valence-corrected chi connectivity index (χ0v) is 18.8. The lowest BCUT2D eigenvalue weighted by molar-refractivity contribution is -0.123. The van der Waals surface area contributed by atoms with E-state index < -0.39 is 0 Å². The number of anilines is 1. The van der Waals surface area contributed by atoms with E-state index in [1.54, 1.807) is 30.3 Å². The summed E-state index contributed by atoms with van der Waals surface area (Å²) in [6.07, 6.45) is 0.862. The number of carbonyl (C=O) groups is 2. The molecule has 3 aromatic carbocycles. The fraction of sp³-hybridized carbons (Fsp3) is 0.160. The Bertz CT molecular complexity index is 1120. The van der Waals surface area contributed by atoms with Crippen LogP contribution < -0.4 is 20.9 Å². The summed E-state index contributed by atoms with van der Waals surface area (Å²) in [6, 6.07) is 22.0. The van der Waals surface area contributed by atoms with Crippen LogP contribution in [-0.2, 0) is 11.2 Å². The topological polar surface area (TPSA) is 79.5 Å². The van der Waals surface area contributed by atoms with Crippen LogP contribution >= 0.6 is 12.2 Å². The van der Waals surface area contributed by atoms with Crippen LogP contribution in [0, 0.1) is 6.92 Å². The quantitative estimate of drug-likeness (QED) is 0.286. The predicted octanol–water partition coefficient (Wildman–Crippen LogP) is 4.19. The zero-order valence-electron chi connectivity index (χ0n) is 18.0. The number of ketones is 1. The van der Waals surface area contributed by atoms with Crippen molar-refractivity contribution in [2.45, 2.75) is 20.3 Å². The number of para-hydroxylation sites is 1. The molecule has 7 heteroatoms. The number of carbonyl (C=O) groups excluding carboxylic acids is 2. The van der Waals surface area contributed by atoms with Crippen molar-refractivity contribution in [2.24, 2.45) is 0 Å². The maximum Gasteiger partial charge on any atom is 0.276 e. The number of rotatable bonds is 7. The minimum absolute atomic E-state index is 0.0622. The highest BCUT2D eigenvalue weighted by Gasteiger charge is 2.12. The summed E-state index contributed by atoms with van der Waals surface area (Å²) in [7, 11) is 0. The lowest BCUT2D eigenvalue weighted by Gasteiger charge is -2.14. The van der Waals surface area contributed by atoms with Gasteiger partial charge >= 0.3 is 0 Å². The first kappa shape index (κ1) is 23.0. The smallest absolute Gasteiger partial charge is 0.276 e.